The lowest BCUT2D eigenvalue weighted by Gasteiger charge is -2.15. The van der Waals surface area contributed by atoms with E-state index in [1.165, 1.54) is 0 Å². The molecule has 24 heavy (non-hydrogen) atoms. The monoisotopic (exact) mass is 344 g/mol. The van der Waals surface area contributed by atoms with Crippen molar-refractivity contribution in [2.75, 3.05) is 24.6 Å². The Balaban J connectivity index is 1.53. The molecule has 1 aliphatic rings. The molecule has 126 valence electrons. The van der Waals surface area contributed by atoms with Gasteiger partial charge >= 0.3 is 0 Å². The van der Waals surface area contributed by atoms with Crippen LogP contribution in [0.4, 0.5) is 11.9 Å². The molecule has 0 spiro atoms. The first-order chi connectivity index (χ1) is 11.6. The highest BCUT2D eigenvalue weighted by Gasteiger charge is 2.19. The van der Waals surface area contributed by atoms with E-state index >= 15 is 0 Å². The summed E-state index contributed by atoms with van der Waals surface area (Å²) in [5.41, 5.74) is 13.0. The molecule has 0 aliphatic carbocycles. The first-order valence-corrected chi connectivity index (χ1v) is 8.99. The van der Waals surface area contributed by atoms with Gasteiger partial charge in [-0.25, -0.2) is 0 Å². The van der Waals surface area contributed by atoms with Crippen LogP contribution in [0.3, 0.4) is 0 Å². The SMILES string of the molecule is Nc1nc(N)nc(CSCc2ccc(C(=O)N3CCCC3)cc2)n1. The van der Waals surface area contributed by atoms with Crippen LogP contribution in [0.15, 0.2) is 24.3 Å². The maximum absolute atomic E-state index is 12.3. The van der Waals surface area contributed by atoms with Crippen molar-refractivity contribution < 1.29 is 4.79 Å². The number of nitrogen functional groups attached to an aromatic ring is 2. The van der Waals surface area contributed by atoms with Crippen LogP contribution in [0, 0.1) is 0 Å². The van der Waals surface area contributed by atoms with Gasteiger partial charge in [-0.3, -0.25) is 4.79 Å². The van der Waals surface area contributed by atoms with Crippen LogP contribution in [0.25, 0.3) is 0 Å². The van der Waals surface area contributed by atoms with Crippen molar-refractivity contribution >= 4 is 29.6 Å². The Morgan fingerprint density at radius 2 is 1.62 bits per heavy atom. The van der Waals surface area contributed by atoms with Gasteiger partial charge in [0.2, 0.25) is 11.9 Å². The standard InChI is InChI=1S/C16H20N6OS/c17-15-19-13(20-16(18)21-15)10-24-9-11-3-5-12(6-4-11)14(23)22-7-1-2-8-22/h3-6H,1-2,7-10H2,(H4,17,18,19,20,21). The maximum Gasteiger partial charge on any atom is 0.253 e. The number of hydrogen-bond donors (Lipinski definition) is 2. The van der Waals surface area contributed by atoms with Gasteiger partial charge in [0.25, 0.3) is 5.91 Å². The predicted molar refractivity (Wildman–Crippen MR) is 95.2 cm³/mol. The maximum atomic E-state index is 12.3. The second kappa shape index (κ2) is 7.48. The quantitative estimate of drug-likeness (QED) is 0.849. The molecular formula is C16H20N6OS. The first kappa shape index (κ1) is 16.5. The van der Waals surface area contributed by atoms with E-state index in [1.807, 2.05) is 29.2 Å². The van der Waals surface area contributed by atoms with Crippen LogP contribution in [0.2, 0.25) is 0 Å². The molecule has 0 bridgehead atoms. The average Bonchev–Trinajstić information content (AvgIpc) is 3.08. The Morgan fingerprint density at radius 3 is 2.25 bits per heavy atom. The molecule has 8 heteroatoms. The highest BCUT2D eigenvalue weighted by atomic mass is 32.2. The zero-order valence-corrected chi connectivity index (χ0v) is 14.1. The van der Waals surface area contributed by atoms with Crippen molar-refractivity contribution in [1.82, 2.24) is 19.9 Å². The van der Waals surface area contributed by atoms with E-state index in [0.717, 1.165) is 42.8 Å². The Labute approximate surface area is 144 Å². The minimum absolute atomic E-state index is 0.128. The van der Waals surface area contributed by atoms with Crippen LogP contribution >= 0.6 is 11.8 Å². The number of nitrogens with two attached hydrogens (primary N) is 2. The number of carbonyl (C=O) groups is 1. The third kappa shape index (κ3) is 4.14. The largest absolute Gasteiger partial charge is 0.368 e. The van der Waals surface area contributed by atoms with E-state index in [4.69, 9.17) is 11.5 Å². The Hall–Kier alpha value is -2.35. The average molecular weight is 344 g/mol. The topological polar surface area (TPSA) is 111 Å². The Kier molecular flexibility index (Phi) is 5.14. The molecule has 2 aromatic rings. The number of nitrogens with zero attached hydrogens (tertiary/aromatic N) is 4. The summed E-state index contributed by atoms with van der Waals surface area (Å²) in [6.07, 6.45) is 2.21. The number of likely N-dealkylation sites (tertiary alicyclic amines) is 1. The lowest BCUT2D eigenvalue weighted by atomic mass is 10.1. The molecule has 0 saturated carbocycles. The van der Waals surface area contributed by atoms with Crippen molar-refractivity contribution in [3.8, 4) is 0 Å². The summed E-state index contributed by atoms with van der Waals surface area (Å²) in [5.74, 6) is 2.38. The molecule has 1 aromatic heterocycles. The number of anilines is 2. The van der Waals surface area contributed by atoms with Crippen LogP contribution < -0.4 is 11.5 Å². The zero-order valence-electron chi connectivity index (χ0n) is 13.3. The van der Waals surface area contributed by atoms with Gasteiger partial charge in [0.05, 0.1) is 5.75 Å². The molecule has 1 aliphatic heterocycles. The summed E-state index contributed by atoms with van der Waals surface area (Å²) in [4.78, 5) is 26.1. The molecule has 3 rings (SSSR count). The Morgan fingerprint density at radius 1 is 1.00 bits per heavy atom. The lowest BCUT2D eigenvalue weighted by Crippen LogP contribution is -2.27. The van der Waals surface area contributed by atoms with Crippen molar-refractivity contribution in [3.05, 3.63) is 41.2 Å². The molecule has 1 fully saturated rings. The molecule has 1 saturated heterocycles. The minimum Gasteiger partial charge on any atom is -0.368 e. The van der Waals surface area contributed by atoms with Gasteiger partial charge in [-0.2, -0.15) is 15.0 Å². The third-order valence-electron chi connectivity index (χ3n) is 3.81. The van der Waals surface area contributed by atoms with Crippen LogP contribution in [0.1, 0.15) is 34.6 Å². The van der Waals surface area contributed by atoms with Crippen molar-refractivity contribution in [2.24, 2.45) is 0 Å². The zero-order chi connectivity index (χ0) is 16.9. The highest BCUT2D eigenvalue weighted by Crippen LogP contribution is 2.18. The molecule has 1 aromatic carbocycles. The normalized spacial score (nSPS) is 14.1. The number of rotatable bonds is 5. The summed E-state index contributed by atoms with van der Waals surface area (Å²) in [6, 6.07) is 7.78. The fraction of sp³-hybridized carbons (Fsp3) is 0.375. The number of aromatic nitrogens is 3. The Bertz CT molecular complexity index is 695. The second-order valence-electron chi connectivity index (χ2n) is 5.66. The molecule has 0 radical (unpaired) electrons. The molecule has 0 unspecified atom stereocenters. The fourth-order valence-electron chi connectivity index (χ4n) is 2.63. The summed E-state index contributed by atoms with van der Waals surface area (Å²) in [7, 11) is 0. The van der Waals surface area contributed by atoms with Gasteiger partial charge in [0.1, 0.15) is 5.82 Å². The summed E-state index contributed by atoms with van der Waals surface area (Å²) in [6.45, 7) is 1.74. The van der Waals surface area contributed by atoms with Crippen LogP contribution in [-0.4, -0.2) is 38.8 Å². The number of amides is 1. The van der Waals surface area contributed by atoms with Crippen LogP contribution in [-0.2, 0) is 11.5 Å². The van der Waals surface area contributed by atoms with Gasteiger partial charge in [0, 0.05) is 24.4 Å². The van der Waals surface area contributed by atoms with E-state index in [1.54, 1.807) is 11.8 Å². The second-order valence-corrected chi connectivity index (χ2v) is 6.64. The first-order valence-electron chi connectivity index (χ1n) is 7.84. The number of hydrogen-bond acceptors (Lipinski definition) is 7. The van der Waals surface area contributed by atoms with Gasteiger partial charge in [-0.15, -0.1) is 11.8 Å². The van der Waals surface area contributed by atoms with Crippen molar-refractivity contribution in [3.63, 3.8) is 0 Å². The van der Waals surface area contributed by atoms with Gasteiger partial charge in [0.15, 0.2) is 0 Å². The molecule has 4 N–H and O–H groups in total. The van der Waals surface area contributed by atoms with E-state index in [2.05, 4.69) is 15.0 Å². The molecular weight excluding hydrogens is 324 g/mol. The summed E-state index contributed by atoms with van der Waals surface area (Å²) in [5, 5.41) is 0. The van der Waals surface area contributed by atoms with Crippen molar-refractivity contribution in [1.29, 1.82) is 0 Å². The molecule has 0 atom stereocenters. The lowest BCUT2D eigenvalue weighted by molar-refractivity contribution is 0.0793. The van der Waals surface area contributed by atoms with Gasteiger partial charge in [-0.05, 0) is 30.5 Å². The number of thioether (sulfide) groups is 1. The highest BCUT2D eigenvalue weighted by molar-refractivity contribution is 7.97. The van der Waals surface area contributed by atoms with Crippen LogP contribution in [0.5, 0.6) is 0 Å². The smallest absolute Gasteiger partial charge is 0.253 e. The fourth-order valence-corrected chi connectivity index (χ4v) is 3.47. The summed E-state index contributed by atoms with van der Waals surface area (Å²) >= 11 is 1.66. The number of carbonyl (C=O) groups excluding carboxylic acids is 1. The van der Waals surface area contributed by atoms with E-state index in [0.29, 0.717) is 11.6 Å². The minimum atomic E-state index is 0.128. The third-order valence-corrected chi connectivity index (χ3v) is 4.81. The van der Waals surface area contributed by atoms with E-state index < -0.39 is 0 Å². The predicted octanol–water partition coefficient (Wildman–Crippen LogP) is 1.71. The van der Waals surface area contributed by atoms with E-state index in [-0.39, 0.29) is 17.8 Å². The molecule has 7 nitrogen and oxygen atoms in total. The molecule has 2 heterocycles. The van der Waals surface area contributed by atoms with E-state index in [9.17, 15) is 4.79 Å². The summed E-state index contributed by atoms with van der Waals surface area (Å²) < 4.78 is 0. The number of benzene rings is 1. The van der Waals surface area contributed by atoms with Crippen molar-refractivity contribution in [2.45, 2.75) is 24.3 Å². The van der Waals surface area contributed by atoms with Gasteiger partial charge in [-0.1, -0.05) is 12.1 Å². The van der Waals surface area contributed by atoms with Gasteiger partial charge < -0.3 is 16.4 Å². The molecule has 1 amide bonds.